The third-order valence-electron chi connectivity index (χ3n) is 3.49. The highest BCUT2D eigenvalue weighted by molar-refractivity contribution is 14.1. The van der Waals surface area contributed by atoms with Crippen molar-refractivity contribution in [1.29, 1.82) is 0 Å². The number of hydrogen-bond donors (Lipinski definition) is 1. The van der Waals surface area contributed by atoms with Crippen molar-refractivity contribution in [3.05, 3.63) is 26.2 Å². The summed E-state index contributed by atoms with van der Waals surface area (Å²) in [6, 6.07) is 6.49. The first-order valence-corrected chi connectivity index (χ1v) is 8.32. The maximum absolute atomic E-state index is 3.62. The number of rotatable bonds is 3. The number of nitrogens with one attached hydrogen (secondary N) is 1. The van der Waals surface area contributed by atoms with Gasteiger partial charge in [0.15, 0.2) is 0 Å². The first kappa shape index (κ1) is 13.7. The lowest BCUT2D eigenvalue weighted by Crippen LogP contribution is -2.13. The van der Waals surface area contributed by atoms with Gasteiger partial charge in [0.2, 0.25) is 0 Å². The van der Waals surface area contributed by atoms with E-state index in [0.717, 1.165) is 12.5 Å². The lowest BCUT2D eigenvalue weighted by molar-refractivity contribution is 0.483. The maximum atomic E-state index is 3.62. The van der Waals surface area contributed by atoms with Gasteiger partial charge in [0.25, 0.3) is 0 Å². The van der Waals surface area contributed by atoms with Gasteiger partial charge in [0, 0.05) is 20.3 Å². The summed E-state index contributed by atoms with van der Waals surface area (Å²) in [5.41, 5.74) is 1.23. The molecular weight excluding hydrogens is 389 g/mol. The zero-order valence-corrected chi connectivity index (χ0v) is 13.8. The Bertz CT molecular complexity index is 359. The van der Waals surface area contributed by atoms with Crippen LogP contribution < -0.4 is 5.32 Å². The average molecular weight is 408 g/mol. The molecule has 0 unspecified atom stereocenters. The van der Waals surface area contributed by atoms with E-state index < -0.39 is 0 Å². The molecule has 1 fully saturated rings. The van der Waals surface area contributed by atoms with Crippen molar-refractivity contribution in [2.24, 2.45) is 5.92 Å². The average Bonchev–Trinajstić information content (AvgIpc) is 2.56. The van der Waals surface area contributed by atoms with Gasteiger partial charge in [-0.1, -0.05) is 25.7 Å². The lowest BCUT2D eigenvalue weighted by atomic mass is 10.0. The van der Waals surface area contributed by atoms with E-state index in [4.69, 9.17) is 0 Å². The van der Waals surface area contributed by atoms with E-state index >= 15 is 0 Å². The summed E-state index contributed by atoms with van der Waals surface area (Å²) in [5.74, 6) is 0.865. The highest BCUT2D eigenvalue weighted by Crippen LogP contribution is 2.27. The van der Waals surface area contributed by atoms with Crippen LogP contribution in [-0.4, -0.2) is 6.54 Å². The molecule has 0 saturated heterocycles. The first-order valence-electron chi connectivity index (χ1n) is 6.44. The summed E-state index contributed by atoms with van der Waals surface area (Å²) >= 11 is 5.96. The van der Waals surface area contributed by atoms with Crippen LogP contribution in [0.1, 0.15) is 38.5 Å². The minimum atomic E-state index is 0.865. The summed E-state index contributed by atoms with van der Waals surface area (Å²) in [6.45, 7) is 1.12. The molecule has 0 radical (unpaired) electrons. The van der Waals surface area contributed by atoms with Crippen LogP contribution in [0.5, 0.6) is 0 Å². The molecular formula is C14H19BrIN. The van der Waals surface area contributed by atoms with E-state index in [-0.39, 0.29) is 0 Å². The Morgan fingerprint density at radius 1 is 1.18 bits per heavy atom. The van der Waals surface area contributed by atoms with E-state index in [2.05, 4.69) is 62.0 Å². The summed E-state index contributed by atoms with van der Waals surface area (Å²) in [6.07, 6.45) is 8.50. The standard InChI is InChI=1S/C14H19BrIN/c15-13-9-12(16)7-8-14(13)17-10-11-5-3-1-2-4-6-11/h7-9,11,17H,1-6,10H2. The molecule has 1 aliphatic carbocycles. The summed E-state index contributed by atoms with van der Waals surface area (Å²) < 4.78 is 2.45. The fourth-order valence-corrected chi connectivity index (χ4v) is 3.89. The molecule has 1 saturated carbocycles. The Morgan fingerprint density at radius 2 is 1.88 bits per heavy atom. The van der Waals surface area contributed by atoms with Crippen LogP contribution in [0.25, 0.3) is 0 Å². The predicted molar refractivity (Wildman–Crippen MR) is 86.5 cm³/mol. The Balaban J connectivity index is 1.88. The first-order chi connectivity index (χ1) is 8.25. The maximum Gasteiger partial charge on any atom is 0.0485 e. The molecule has 0 aromatic heterocycles. The summed E-state index contributed by atoms with van der Waals surface area (Å²) in [7, 11) is 0. The SMILES string of the molecule is Brc1cc(I)ccc1NCC1CCCCCC1. The van der Waals surface area contributed by atoms with Crippen molar-refractivity contribution in [2.75, 3.05) is 11.9 Å². The molecule has 0 bridgehead atoms. The van der Waals surface area contributed by atoms with Crippen LogP contribution in [-0.2, 0) is 0 Å². The third-order valence-corrected chi connectivity index (χ3v) is 4.81. The number of benzene rings is 1. The fourth-order valence-electron chi connectivity index (χ4n) is 2.46. The molecule has 0 amide bonds. The molecule has 1 aliphatic rings. The molecule has 0 aliphatic heterocycles. The summed E-state index contributed by atoms with van der Waals surface area (Å²) in [4.78, 5) is 0. The molecule has 2 rings (SSSR count). The van der Waals surface area contributed by atoms with Crippen molar-refractivity contribution in [1.82, 2.24) is 0 Å². The van der Waals surface area contributed by atoms with Crippen molar-refractivity contribution in [3.8, 4) is 0 Å². The molecule has 0 atom stereocenters. The Morgan fingerprint density at radius 3 is 2.53 bits per heavy atom. The minimum absolute atomic E-state index is 0.865. The van der Waals surface area contributed by atoms with Crippen LogP contribution >= 0.6 is 38.5 Å². The topological polar surface area (TPSA) is 12.0 Å². The monoisotopic (exact) mass is 407 g/mol. The molecule has 1 N–H and O–H groups in total. The highest BCUT2D eigenvalue weighted by atomic mass is 127. The minimum Gasteiger partial charge on any atom is -0.384 e. The van der Waals surface area contributed by atoms with Crippen LogP contribution in [0, 0.1) is 9.49 Å². The van der Waals surface area contributed by atoms with Gasteiger partial charge in [-0.05, 0) is 75.5 Å². The quantitative estimate of drug-likeness (QED) is 0.519. The Kier molecular flexibility index (Phi) is 5.60. The second-order valence-corrected chi connectivity index (χ2v) is 6.96. The third kappa shape index (κ3) is 4.43. The number of halogens is 2. The van der Waals surface area contributed by atoms with Crippen molar-refractivity contribution < 1.29 is 0 Å². The van der Waals surface area contributed by atoms with Crippen LogP contribution in [0.4, 0.5) is 5.69 Å². The zero-order chi connectivity index (χ0) is 12.1. The van der Waals surface area contributed by atoms with Gasteiger partial charge in [-0.2, -0.15) is 0 Å². The van der Waals surface area contributed by atoms with Gasteiger partial charge in [0.1, 0.15) is 0 Å². The van der Waals surface area contributed by atoms with Crippen molar-refractivity contribution >= 4 is 44.2 Å². The van der Waals surface area contributed by atoms with E-state index in [0.29, 0.717) is 0 Å². The van der Waals surface area contributed by atoms with E-state index in [1.165, 1.54) is 52.3 Å². The van der Waals surface area contributed by atoms with Gasteiger partial charge in [-0.15, -0.1) is 0 Å². The molecule has 3 heteroatoms. The van der Waals surface area contributed by atoms with Crippen molar-refractivity contribution in [3.63, 3.8) is 0 Å². The van der Waals surface area contributed by atoms with E-state index in [1.54, 1.807) is 0 Å². The molecule has 1 nitrogen and oxygen atoms in total. The number of anilines is 1. The molecule has 1 aromatic rings. The molecule has 94 valence electrons. The number of hydrogen-bond acceptors (Lipinski definition) is 1. The second-order valence-electron chi connectivity index (χ2n) is 4.86. The van der Waals surface area contributed by atoms with Crippen LogP contribution in [0.2, 0.25) is 0 Å². The van der Waals surface area contributed by atoms with Gasteiger partial charge in [-0.3, -0.25) is 0 Å². The Hall–Kier alpha value is 0.230. The van der Waals surface area contributed by atoms with E-state index in [1.807, 2.05) is 0 Å². The molecule has 0 spiro atoms. The highest BCUT2D eigenvalue weighted by Gasteiger charge is 2.12. The normalized spacial score (nSPS) is 17.8. The summed E-state index contributed by atoms with van der Waals surface area (Å²) in [5, 5.41) is 3.59. The van der Waals surface area contributed by atoms with Gasteiger partial charge in [0.05, 0.1) is 0 Å². The lowest BCUT2D eigenvalue weighted by Gasteiger charge is -2.16. The van der Waals surface area contributed by atoms with Gasteiger partial charge < -0.3 is 5.32 Å². The van der Waals surface area contributed by atoms with E-state index in [9.17, 15) is 0 Å². The zero-order valence-electron chi connectivity index (χ0n) is 10.0. The smallest absolute Gasteiger partial charge is 0.0485 e. The second kappa shape index (κ2) is 6.98. The van der Waals surface area contributed by atoms with Gasteiger partial charge >= 0.3 is 0 Å². The predicted octanol–water partition coefficient (Wildman–Crippen LogP) is 5.44. The Labute approximate surface area is 126 Å². The fraction of sp³-hybridized carbons (Fsp3) is 0.571. The van der Waals surface area contributed by atoms with Crippen LogP contribution in [0.15, 0.2) is 22.7 Å². The molecule has 0 heterocycles. The van der Waals surface area contributed by atoms with Crippen LogP contribution in [0.3, 0.4) is 0 Å². The molecule has 17 heavy (non-hydrogen) atoms. The largest absolute Gasteiger partial charge is 0.384 e. The molecule has 1 aromatic carbocycles. The van der Waals surface area contributed by atoms with Gasteiger partial charge in [-0.25, -0.2) is 0 Å². The van der Waals surface area contributed by atoms with Crippen molar-refractivity contribution in [2.45, 2.75) is 38.5 Å².